The number of aromatic nitrogens is 3. The summed E-state index contributed by atoms with van der Waals surface area (Å²) in [5.74, 6) is 2.86. The molecule has 0 radical (unpaired) electrons. The fourth-order valence-corrected chi connectivity index (χ4v) is 5.44. The third-order valence-corrected chi connectivity index (χ3v) is 7.20. The summed E-state index contributed by atoms with van der Waals surface area (Å²) in [6.07, 6.45) is 6.49. The zero-order valence-corrected chi connectivity index (χ0v) is 20.5. The molecule has 0 saturated heterocycles. The van der Waals surface area contributed by atoms with E-state index in [4.69, 9.17) is 20.8 Å². The molecular formula is C24H29ClN4O3S. The standard InChI is InChI=1S/C24H29ClN4O3S/c1-16(26-23(30)21-12-11-20(32-21)14-31-2)22-27-28-24(33-15-17-7-4-3-5-8-17)29(22)19-10-6-9-18(25)13-19/h6,9-13,16-17H,3-5,7-8,14-15H2,1-2H3,(H,26,30)/t16-/m0/s1. The van der Waals surface area contributed by atoms with Crippen LogP contribution in [0.1, 0.15) is 67.2 Å². The van der Waals surface area contributed by atoms with Gasteiger partial charge in [-0.1, -0.05) is 48.7 Å². The van der Waals surface area contributed by atoms with Crippen LogP contribution in [0.15, 0.2) is 46.0 Å². The van der Waals surface area contributed by atoms with Crippen molar-refractivity contribution in [3.63, 3.8) is 0 Å². The Kier molecular flexibility index (Phi) is 8.11. The smallest absolute Gasteiger partial charge is 0.287 e. The molecule has 1 saturated carbocycles. The highest BCUT2D eigenvalue weighted by molar-refractivity contribution is 7.99. The summed E-state index contributed by atoms with van der Waals surface area (Å²) in [5, 5.41) is 13.3. The van der Waals surface area contributed by atoms with Gasteiger partial charge in [0.1, 0.15) is 12.4 Å². The van der Waals surface area contributed by atoms with E-state index >= 15 is 0 Å². The SMILES string of the molecule is COCc1ccc(C(=O)N[C@@H](C)c2nnc(SCC3CCCCC3)n2-c2cccc(Cl)c2)o1. The maximum atomic E-state index is 12.8. The lowest BCUT2D eigenvalue weighted by molar-refractivity contribution is 0.0901. The van der Waals surface area contributed by atoms with Gasteiger partial charge in [0.15, 0.2) is 16.7 Å². The molecule has 1 atom stereocenters. The Hall–Kier alpha value is -2.29. The van der Waals surface area contributed by atoms with Crippen molar-refractivity contribution in [2.24, 2.45) is 5.92 Å². The van der Waals surface area contributed by atoms with Crippen LogP contribution >= 0.6 is 23.4 Å². The van der Waals surface area contributed by atoms with Crippen molar-refractivity contribution in [2.45, 2.75) is 56.8 Å². The summed E-state index contributed by atoms with van der Waals surface area (Å²) in [7, 11) is 1.58. The lowest BCUT2D eigenvalue weighted by Crippen LogP contribution is -2.28. The number of amides is 1. The number of hydrogen-bond acceptors (Lipinski definition) is 6. The molecule has 0 aliphatic heterocycles. The first-order valence-corrected chi connectivity index (χ1v) is 12.6. The van der Waals surface area contributed by atoms with Gasteiger partial charge < -0.3 is 14.5 Å². The van der Waals surface area contributed by atoms with Gasteiger partial charge in [-0.2, -0.15) is 0 Å². The van der Waals surface area contributed by atoms with E-state index in [1.165, 1.54) is 32.1 Å². The minimum Gasteiger partial charge on any atom is -0.453 e. The Bertz CT molecular complexity index is 1080. The average molecular weight is 489 g/mol. The summed E-state index contributed by atoms with van der Waals surface area (Å²) < 4.78 is 12.6. The van der Waals surface area contributed by atoms with Gasteiger partial charge in [0, 0.05) is 17.9 Å². The molecule has 0 spiro atoms. The zero-order chi connectivity index (χ0) is 23.2. The van der Waals surface area contributed by atoms with Crippen LogP contribution in [0.4, 0.5) is 0 Å². The Labute approximate surface area is 203 Å². The quantitative estimate of drug-likeness (QED) is 0.382. The number of rotatable bonds is 9. The average Bonchev–Trinajstić information content (AvgIpc) is 3.46. The van der Waals surface area contributed by atoms with Crippen molar-refractivity contribution in [1.82, 2.24) is 20.1 Å². The van der Waals surface area contributed by atoms with Gasteiger partial charge in [0.05, 0.1) is 11.7 Å². The topological polar surface area (TPSA) is 82.2 Å². The van der Waals surface area contributed by atoms with E-state index in [1.54, 1.807) is 31.0 Å². The van der Waals surface area contributed by atoms with E-state index in [-0.39, 0.29) is 11.7 Å². The molecule has 1 aliphatic carbocycles. The molecular weight excluding hydrogens is 460 g/mol. The minimum absolute atomic E-state index is 0.231. The van der Waals surface area contributed by atoms with E-state index in [1.807, 2.05) is 35.8 Å². The zero-order valence-electron chi connectivity index (χ0n) is 18.9. The Balaban J connectivity index is 1.55. The fourth-order valence-electron chi connectivity index (χ4n) is 4.11. The second kappa shape index (κ2) is 11.2. The Morgan fingerprint density at radius 2 is 2.09 bits per heavy atom. The highest BCUT2D eigenvalue weighted by Crippen LogP contribution is 2.32. The van der Waals surface area contributed by atoms with Crippen LogP contribution < -0.4 is 5.32 Å². The van der Waals surface area contributed by atoms with Crippen LogP contribution in [-0.4, -0.2) is 33.5 Å². The normalized spacial score (nSPS) is 15.5. The third-order valence-electron chi connectivity index (χ3n) is 5.80. The monoisotopic (exact) mass is 488 g/mol. The summed E-state index contributed by atoms with van der Waals surface area (Å²) in [6.45, 7) is 2.20. The molecule has 0 bridgehead atoms. The van der Waals surface area contributed by atoms with Gasteiger partial charge in [-0.15, -0.1) is 10.2 Å². The fraction of sp³-hybridized carbons (Fsp3) is 0.458. The third kappa shape index (κ3) is 5.99. The summed E-state index contributed by atoms with van der Waals surface area (Å²) in [4.78, 5) is 12.8. The molecule has 1 N–H and O–H groups in total. The lowest BCUT2D eigenvalue weighted by atomic mass is 9.91. The van der Waals surface area contributed by atoms with Crippen molar-refractivity contribution in [3.8, 4) is 5.69 Å². The summed E-state index contributed by atoms with van der Waals surface area (Å²) in [6, 6.07) is 10.6. The Morgan fingerprint density at radius 3 is 2.85 bits per heavy atom. The van der Waals surface area contributed by atoms with E-state index in [0.29, 0.717) is 29.1 Å². The van der Waals surface area contributed by atoms with E-state index in [0.717, 1.165) is 16.6 Å². The van der Waals surface area contributed by atoms with Gasteiger partial charge in [-0.3, -0.25) is 9.36 Å². The van der Waals surface area contributed by atoms with Crippen LogP contribution in [0.3, 0.4) is 0 Å². The first kappa shape index (κ1) is 23.9. The first-order valence-electron chi connectivity index (χ1n) is 11.3. The summed E-state index contributed by atoms with van der Waals surface area (Å²) in [5.41, 5.74) is 0.870. The molecule has 0 unspecified atom stereocenters. The second-order valence-electron chi connectivity index (χ2n) is 8.37. The van der Waals surface area contributed by atoms with Crippen molar-refractivity contribution in [1.29, 1.82) is 0 Å². The highest BCUT2D eigenvalue weighted by Gasteiger charge is 2.24. The second-order valence-corrected chi connectivity index (χ2v) is 9.79. The van der Waals surface area contributed by atoms with Gasteiger partial charge in [0.25, 0.3) is 5.91 Å². The molecule has 7 nitrogen and oxygen atoms in total. The van der Waals surface area contributed by atoms with E-state index in [2.05, 4.69) is 15.5 Å². The number of furan rings is 1. The molecule has 2 aromatic heterocycles. The van der Waals surface area contributed by atoms with Gasteiger partial charge >= 0.3 is 0 Å². The summed E-state index contributed by atoms with van der Waals surface area (Å²) >= 11 is 8.00. The number of nitrogens with one attached hydrogen (secondary N) is 1. The molecule has 1 aliphatic rings. The number of thioether (sulfide) groups is 1. The largest absolute Gasteiger partial charge is 0.453 e. The highest BCUT2D eigenvalue weighted by atomic mass is 35.5. The van der Waals surface area contributed by atoms with Gasteiger partial charge in [-0.05, 0) is 56.0 Å². The minimum atomic E-state index is -0.399. The number of hydrogen-bond donors (Lipinski definition) is 1. The molecule has 9 heteroatoms. The van der Waals surface area contributed by atoms with Crippen LogP contribution in [0.5, 0.6) is 0 Å². The van der Waals surface area contributed by atoms with Crippen LogP contribution in [0.2, 0.25) is 5.02 Å². The first-order chi connectivity index (χ1) is 16.0. The predicted octanol–water partition coefficient (Wildman–Crippen LogP) is 5.82. The number of ether oxygens (including phenoxy) is 1. The van der Waals surface area contributed by atoms with Gasteiger partial charge in [0.2, 0.25) is 0 Å². The van der Waals surface area contributed by atoms with Gasteiger partial charge in [-0.25, -0.2) is 0 Å². The van der Waals surface area contributed by atoms with Crippen molar-refractivity contribution in [2.75, 3.05) is 12.9 Å². The maximum Gasteiger partial charge on any atom is 0.287 e. The number of methoxy groups -OCH3 is 1. The molecule has 4 rings (SSSR count). The molecule has 1 amide bonds. The predicted molar refractivity (Wildman–Crippen MR) is 129 cm³/mol. The lowest BCUT2D eigenvalue weighted by Gasteiger charge is -2.21. The van der Waals surface area contributed by atoms with Crippen molar-refractivity contribution >= 4 is 29.3 Å². The molecule has 1 fully saturated rings. The number of nitrogens with zero attached hydrogens (tertiary/aromatic N) is 3. The van der Waals surface area contributed by atoms with E-state index < -0.39 is 6.04 Å². The molecule has 33 heavy (non-hydrogen) atoms. The molecule has 3 aromatic rings. The van der Waals surface area contributed by atoms with E-state index in [9.17, 15) is 4.79 Å². The van der Waals surface area contributed by atoms with Crippen LogP contribution in [0, 0.1) is 5.92 Å². The number of carbonyl (C=O) groups excluding carboxylic acids is 1. The van der Waals surface area contributed by atoms with Crippen molar-refractivity contribution < 1.29 is 13.9 Å². The number of benzene rings is 1. The molecule has 176 valence electrons. The van der Waals surface area contributed by atoms with Crippen LogP contribution in [-0.2, 0) is 11.3 Å². The van der Waals surface area contributed by atoms with Crippen molar-refractivity contribution in [3.05, 3.63) is 58.8 Å². The molecule has 2 heterocycles. The number of halogens is 1. The Morgan fingerprint density at radius 1 is 1.27 bits per heavy atom. The molecule has 1 aromatic carbocycles. The van der Waals surface area contributed by atoms with Crippen LogP contribution in [0.25, 0.3) is 5.69 Å². The number of carbonyl (C=O) groups is 1. The maximum absolute atomic E-state index is 12.8.